The van der Waals surface area contributed by atoms with Gasteiger partial charge in [0.1, 0.15) is 0 Å². The number of carbonyl (C=O) groups excluding carboxylic acids is 3. The number of rotatable bonds is 7. The first-order valence-electron chi connectivity index (χ1n) is 9.58. The minimum absolute atomic E-state index is 0. The van der Waals surface area contributed by atoms with Crippen molar-refractivity contribution in [1.82, 2.24) is 20.9 Å². The molecule has 2 aliphatic rings. The molecule has 1 aromatic rings. The topological polar surface area (TPSA) is 106 Å². The molecule has 2 fully saturated rings. The Morgan fingerprint density at radius 3 is 2.48 bits per heavy atom. The SMILES string of the molecule is CCNC(=NCc1ccc(N2CCCC2=O)cc1)NCCN1C(=O)CNC1=O.I. The summed E-state index contributed by atoms with van der Waals surface area (Å²) in [6.45, 7) is 4.69. The highest BCUT2D eigenvalue weighted by atomic mass is 127. The van der Waals surface area contributed by atoms with Crippen LogP contribution in [0.2, 0.25) is 0 Å². The van der Waals surface area contributed by atoms with Gasteiger partial charge in [-0.3, -0.25) is 14.5 Å². The number of hydrogen-bond acceptors (Lipinski definition) is 4. The molecule has 3 rings (SSSR count). The third kappa shape index (κ3) is 6.05. The van der Waals surface area contributed by atoms with E-state index in [1.165, 1.54) is 4.90 Å². The van der Waals surface area contributed by atoms with Gasteiger partial charge in [0, 0.05) is 38.3 Å². The molecule has 2 aliphatic heterocycles. The molecule has 1 aromatic carbocycles. The Kier molecular flexibility index (Phi) is 8.68. The fraction of sp³-hybridized carbons (Fsp3) is 0.474. The number of hydrogen-bond donors (Lipinski definition) is 3. The largest absolute Gasteiger partial charge is 0.357 e. The summed E-state index contributed by atoms with van der Waals surface area (Å²) in [4.78, 5) is 42.5. The average Bonchev–Trinajstić information content (AvgIpc) is 3.26. The lowest BCUT2D eigenvalue weighted by Crippen LogP contribution is -2.43. The van der Waals surface area contributed by atoms with Crippen molar-refractivity contribution >= 4 is 53.5 Å². The van der Waals surface area contributed by atoms with Crippen molar-refractivity contribution in [2.75, 3.05) is 37.6 Å². The van der Waals surface area contributed by atoms with Crippen molar-refractivity contribution in [3.8, 4) is 0 Å². The molecule has 0 spiro atoms. The number of halogens is 1. The van der Waals surface area contributed by atoms with E-state index in [0.717, 1.165) is 24.2 Å². The van der Waals surface area contributed by atoms with Crippen LogP contribution in [0.25, 0.3) is 0 Å². The summed E-state index contributed by atoms with van der Waals surface area (Å²) in [5.74, 6) is 0.577. The fourth-order valence-corrected chi connectivity index (χ4v) is 3.18. The molecule has 0 aromatic heterocycles. The molecular formula is C19H27IN6O3. The highest BCUT2D eigenvalue weighted by Crippen LogP contribution is 2.21. The molecule has 158 valence electrons. The summed E-state index contributed by atoms with van der Waals surface area (Å²) >= 11 is 0. The Morgan fingerprint density at radius 1 is 1.14 bits per heavy atom. The van der Waals surface area contributed by atoms with E-state index in [2.05, 4.69) is 20.9 Å². The van der Waals surface area contributed by atoms with Crippen LogP contribution in [0.3, 0.4) is 0 Å². The first kappa shape index (κ1) is 22.9. The molecule has 0 radical (unpaired) electrons. The Balaban J connectivity index is 0.00000300. The second kappa shape index (κ2) is 11.0. The minimum Gasteiger partial charge on any atom is -0.357 e. The van der Waals surface area contributed by atoms with Crippen LogP contribution in [0, 0.1) is 0 Å². The Labute approximate surface area is 187 Å². The minimum atomic E-state index is -0.356. The second-order valence-electron chi connectivity index (χ2n) is 6.64. The molecule has 0 saturated carbocycles. The van der Waals surface area contributed by atoms with E-state index in [9.17, 15) is 14.4 Å². The second-order valence-corrected chi connectivity index (χ2v) is 6.64. The molecule has 0 atom stereocenters. The summed E-state index contributed by atoms with van der Waals surface area (Å²) in [7, 11) is 0. The highest BCUT2D eigenvalue weighted by molar-refractivity contribution is 14.0. The van der Waals surface area contributed by atoms with E-state index < -0.39 is 0 Å². The third-order valence-electron chi connectivity index (χ3n) is 4.65. The quantitative estimate of drug-likeness (QED) is 0.218. The first-order valence-corrected chi connectivity index (χ1v) is 9.58. The number of amides is 4. The normalized spacial score (nSPS) is 16.7. The standard InChI is InChI=1S/C19H26N6O3.HI/c1-2-20-18(21-9-11-25-17(27)13-23-19(25)28)22-12-14-5-7-15(8-6-14)24-10-3-4-16(24)26;/h5-8H,2-4,9-13H2,1H3,(H,23,28)(H2,20,21,22);1H. The number of guanidine groups is 1. The van der Waals surface area contributed by atoms with E-state index in [-0.39, 0.29) is 54.9 Å². The zero-order valence-corrected chi connectivity index (χ0v) is 18.8. The van der Waals surface area contributed by atoms with Crippen molar-refractivity contribution in [1.29, 1.82) is 0 Å². The van der Waals surface area contributed by atoms with E-state index in [0.29, 0.717) is 32.0 Å². The fourth-order valence-electron chi connectivity index (χ4n) is 3.18. The number of nitrogens with zero attached hydrogens (tertiary/aromatic N) is 3. The van der Waals surface area contributed by atoms with Gasteiger partial charge in [-0.2, -0.15) is 0 Å². The van der Waals surface area contributed by atoms with Crippen molar-refractivity contribution in [2.24, 2.45) is 4.99 Å². The molecule has 10 heteroatoms. The Bertz CT molecular complexity index is 752. The molecule has 0 unspecified atom stereocenters. The number of carbonyl (C=O) groups is 3. The molecule has 0 bridgehead atoms. The summed E-state index contributed by atoms with van der Waals surface area (Å²) in [6.07, 6.45) is 1.53. The summed E-state index contributed by atoms with van der Waals surface area (Å²) < 4.78 is 0. The number of aliphatic imine (C=N–C) groups is 1. The van der Waals surface area contributed by atoms with Crippen LogP contribution < -0.4 is 20.9 Å². The molecule has 9 nitrogen and oxygen atoms in total. The van der Waals surface area contributed by atoms with Crippen molar-refractivity contribution in [3.05, 3.63) is 29.8 Å². The van der Waals surface area contributed by atoms with E-state index in [4.69, 9.17) is 0 Å². The van der Waals surface area contributed by atoms with Gasteiger partial charge in [0.2, 0.25) is 11.8 Å². The number of imide groups is 1. The van der Waals surface area contributed by atoms with Crippen molar-refractivity contribution in [3.63, 3.8) is 0 Å². The zero-order valence-electron chi connectivity index (χ0n) is 16.4. The van der Waals surface area contributed by atoms with Crippen LogP contribution in [-0.4, -0.2) is 61.4 Å². The van der Waals surface area contributed by atoms with Gasteiger partial charge in [0.05, 0.1) is 13.1 Å². The van der Waals surface area contributed by atoms with Gasteiger partial charge in [-0.15, -0.1) is 24.0 Å². The zero-order chi connectivity index (χ0) is 19.9. The lowest BCUT2D eigenvalue weighted by atomic mass is 10.2. The van der Waals surface area contributed by atoms with Crippen molar-refractivity contribution < 1.29 is 14.4 Å². The number of benzene rings is 1. The molecule has 2 saturated heterocycles. The van der Waals surface area contributed by atoms with Gasteiger partial charge in [-0.05, 0) is 31.0 Å². The van der Waals surface area contributed by atoms with Crippen LogP contribution in [0.1, 0.15) is 25.3 Å². The van der Waals surface area contributed by atoms with E-state index in [1.807, 2.05) is 36.1 Å². The maximum absolute atomic E-state index is 11.8. The Hall–Kier alpha value is -2.37. The predicted molar refractivity (Wildman–Crippen MR) is 121 cm³/mol. The highest BCUT2D eigenvalue weighted by Gasteiger charge is 2.27. The van der Waals surface area contributed by atoms with Crippen molar-refractivity contribution in [2.45, 2.75) is 26.3 Å². The lowest BCUT2D eigenvalue weighted by molar-refractivity contribution is -0.125. The monoisotopic (exact) mass is 514 g/mol. The average molecular weight is 514 g/mol. The van der Waals surface area contributed by atoms with E-state index >= 15 is 0 Å². The third-order valence-corrected chi connectivity index (χ3v) is 4.65. The Morgan fingerprint density at radius 2 is 1.90 bits per heavy atom. The van der Waals surface area contributed by atoms with Gasteiger partial charge in [0.15, 0.2) is 5.96 Å². The van der Waals surface area contributed by atoms with Crippen LogP contribution in [0.5, 0.6) is 0 Å². The van der Waals surface area contributed by atoms with Gasteiger partial charge in [-0.25, -0.2) is 9.79 Å². The molecule has 0 aliphatic carbocycles. The van der Waals surface area contributed by atoms with Gasteiger partial charge >= 0.3 is 6.03 Å². The summed E-state index contributed by atoms with van der Waals surface area (Å²) in [5.41, 5.74) is 1.95. The summed E-state index contributed by atoms with van der Waals surface area (Å²) in [6, 6.07) is 7.49. The number of anilines is 1. The molecule has 2 heterocycles. The van der Waals surface area contributed by atoms with Crippen LogP contribution in [0.15, 0.2) is 29.3 Å². The number of urea groups is 1. The smallest absolute Gasteiger partial charge is 0.324 e. The summed E-state index contributed by atoms with van der Waals surface area (Å²) in [5, 5.41) is 8.77. The van der Waals surface area contributed by atoms with Gasteiger partial charge in [-0.1, -0.05) is 12.1 Å². The molecule has 3 N–H and O–H groups in total. The first-order chi connectivity index (χ1) is 13.6. The van der Waals surface area contributed by atoms with Crippen LogP contribution in [0.4, 0.5) is 10.5 Å². The number of nitrogens with one attached hydrogen (secondary N) is 3. The lowest BCUT2D eigenvalue weighted by Gasteiger charge is -2.16. The van der Waals surface area contributed by atoms with Gasteiger partial charge < -0.3 is 20.9 Å². The molecule has 29 heavy (non-hydrogen) atoms. The van der Waals surface area contributed by atoms with Crippen LogP contribution >= 0.6 is 24.0 Å². The van der Waals surface area contributed by atoms with Crippen LogP contribution in [-0.2, 0) is 16.1 Å². The maximum atomic E-state index is 11.8. The predicted octanol–water partition coefficient (Wildman–Crippen LogP) is 1.04. The maximum Gasteiger partial charge on any atom is 0.324 e. The van der Waals surface area contributed by atoms with E-state index in [1.54, 1.807) is 0 Å². The van der Waals surface area contributed by atoms with Gasteiger partial charge in [0.25, 0.3) is 0 Å². The molecule has 4 amide bonds. The molecular weight excluding hydrogens is 487 g/mol.